The number of thiophene rings is 1. The van der Waals surface area contributed by atoms with Crippen LogP contribution in [-0.4, -0.2) is 29.9 Å². The Kier molecular flexibility index (Phi) is 7.03. The quantitative estimate of drug-likeness (QED) is 0.861. The number of rotatable bonds is 3. The van der Waals surface area contributed by atoms with Crippen LogP contribution < -0.4 is 5.73 Å². The SMILES string of the molecule is CC(N)C1CCCN(C(=O)/C=C/c2ccc(Cl)s2)C1.Cl. The number of piperidine rings is 1. The van der Waals surface area contributed by atoms with E-state index in [1.807, 2.05) is 30.0 Å². The Balaban J connectivity index is 0.00000200. The Morgan fingerprint density at radius 3 is 2.95 bits per heavy atom. The molecule has 1 aromatic rings. The summed E-state index contributed by atoms with van der Waals surface area (Å²) in [5.74, 6) is 0.483. The third kappa shape index (κ3) is 4.77. The molecule has 1 aliphatic heterocycles. The van der Waals surface area contributed by atoms with E-state index >= 15 is 0 Å². The first kappa shape index (κ1) is 17.5. The Hall–Kier alpha value is -0.550. The second-order valence-electron chi connectivity index (χ2n) is 5.02. The fourth-order valence-electron chi connectivity index (χ4n) is 2.32. The summed E-state index contributed by atoms with van der Waals surface area (Å²) in [6, 6.07) is 3.90. The largest absolute Gasteiger partial charge is 0.339 e. The van der Waals surface area contributed by atoms with Crippen LogP contribution in [0.4, 0.5) is 0 Å². The maximum Gasteiger partial charge on any atom is 0.246 e. The van der Waals surface area contributed by atoms with E-state index in [4.69, 9.17) is 17.3 Å². The molecule has 2 atom stereocenters. The molecule has 0 spiro atoms. The maximum absolute atomic E-state index is 12.1. The number of carbonyl (C=O) groups is 1. The molecular formula is C14H20Cl2N2OS. The van der Waals surface area contributed by atoms with Crippen molar-refractivity contribution in [3.05, 3.63) is 27.4 Å². The molecule has 2 N–H and O–H groups in total. The van der Waals surface area contributed by atoms with Crippen molar-refractivity contribution in [1.29, 1.82) is 0 Å². The second kappa shape index (κ2) is 8.03. The minimum atomic E-state index is 0. The fraction of sp³-hybridized carbons (Fsp3) is 0.500. The Bertz CT molecular complexity index is 473. The Morgan fingerprint density at radius 1 is 1.60 bits per heavy atom. The highest BCUT2D eigenvalue weighted by molar-refractivity contribution is 7.17. The number of nitrogens with zero attached hydrogens (tertiary/aromatic N) is 1. The molecule has 1 fully saturated rings. The van der Waals surface area contributed by atoms with Gasteiger partial charge in [0.1, 0.15) is 0 Å². The van der Waals surface area contributed by atoms with E-state index in [0.29, 0.717) is 5.92 Å². The molecule has 0 radical (unpaired) electrons. The lowest BCUT2D eigenvalue weighted by molar-refractivity contribution is -0.127. The van der Waals surface area contributed by atoms with E-state index in [1.54, 1.807) is 6.08 Å². The third-order valence-electron chi connectivity index (χ3n) is 3.50. The molecule has 20 heavy (non-hydrogen) atoms. The number of hydrogen-bond donors (Lipinski definition) is 1. The van der Waals surface area contributed by atoms with Crippen LogP contribution in [0.15, 0.2) is 18.2 Å². The van der Waals surface area contributed by atoms with Gasteiger partial charge in [0.2, 0.25) is 5.91 Å². The molecule has 0 bridgehead atoms. The van der Waals surface area contributed by atoms with Crippen LogP contribution in [0.2, 0.25) is 4.34 Å². The minimum absolute atomic E-state index is 0. The smallest absolute Gasteiger partial charge is 0.246 e. The molecule has 112 valence electrons. The lowest BCUT2D eigenvalue weighted by Gasteiger charge is -2.34. The topological polar surface area (TPSA) is 46.3 Å². The second-order valence-corrected chi connectivity index (χ2v) is 6.77. The van der Waals surface area contributed by atoms with Gasteiger partial charge in [0.25, 0.3) is 0 Å². The number of nitrogens with two attached hydrogens (primary N) is 1. The van der Waals surface area contributed by atoms with Crippen LogP contribution in [0.25, 0.3) is 6.08 Å². The van der Waals surface area contributed by atoms with E-state index in [1.165, 1.54) is 11.3 Å². The first-order chi connectivity index (χ1) is 9.06. The van der Waals surface area contributed by atoms with Gasteiger partial charge in [-0.1, -0.05) is 11.6 Å². The van der Waals surface area contributed by atoms with Gasteiger partial charge in [-0.25, -0.2) is 0 Å². The highest BCUT2D eigenvalue weighted by Crippen LogP contribution is 2.23. The zero-order valence-corrected chi connectivity index (χ0v) is 13.8. The fourth-order valence-corrected chi connectivity index (χ4v) is 3.28. The van der Waals surface area contributed by atoms with Crippen LogP contribution in [0, 0.1) is 5.92 Å². The van der Waals surface area contributed by atoms with Gasteiger partial charge in [-0.05, 0) is 43.9 Å². The molecule has 0 aliphatic carbocycles. The molecule has 3 nitrogen and oxygen atoms in total. The number of halogens is 2. The standard InChI is InChI=1S/C14H19ClN2OS.ClH/c1-10(16)11-3-2-8-17(9-11)14(18)7-5-12-4-6-13(15)19-12;/h4-7,10-11H,2-3,8-9,16H2,1H3;1H/b7-5+;. The number of likely N-dealkylation sites (tertiary alicyclic amines) is 1. The van der Waals surface area contributed by atoms with E-state index < -0.39 is 0 Å². The summed E-state index contributed by atoms with van der Waals surface area (Å²) >= 11 is 7.32. The molecule has 2 heterocycles. The summed E-state index contributed by atoms with van der Waals surface area (Å²) in [7, 11) is 0. The van der Waals surface area contributed by atoms with Crippen LogP contribution in [0.3, 0.4) is 0 Å². The van der Waals surface area contributed by atoms with Gasteiger partial charge < -0.3 is 10.6 Å². The molecule has 1 aliphatic rings. The van der Waals surface area contributed by atoms with Gasteiger partial charge in [0, 0.05) is 30.1 Å². The van der Waals surface area contributed by atoms with Crippen LogP contribution >= 0.6 is 35.3 Å². The predicted octanol–water partition coefficient (Wildman–Crippen LogP) is 3.42. The first-order valence-corrected chi connectivity index (χ1v) is 7.73. The minimum Gasteiger partial charge on any atom is -0.339 e. The van der Waals surface area contributed by atoms with Crippen LogP contribution in [-0.2, 0) is 4.79 Å². The number of amides is 1. The monoisotopic (exact) mass is 334 g/mol. The van der Waals surface area contributed by atoms with E-state index in [2.05, 4.69) is 0 Å². The molecule has 0 aromatic carbocycles. The third-order valence-corrected chi connectivity index (χ3v) is 4.69. The highest BCUT2D eigenvalue weighted by atomic mass is 35.5. The van der Waals surface area contributed by atoms with Gasteiger partial charge in [-0.2, -0.15) is 0 Å². The van der Waals surface area contributed by atoms with Crippen molar-refractivity contribution in [3.8, 4) is 0 Å². The molecule has 2 unspecified atom stereocenters. The van der Waals surface area contributed by atoms with Crippen LogP contribution in [0.5, 0.6) is 0 Å². The predicted molar refractivity (Wildman–Crippen MR) is 88.6 cm³/mol. The molecule has 1 aromatic heterocycles. The molecule has 6 heteroatoms. The van der Waals surface area contributed by atoms with Crippen molar-refractivity contribution in [2.45, 2.75) is 25.8 Å². The molecule has 1 saturated heterocycles. The van der Waals surface area contributed by atoms with Gasteiger partial charge in [0.05, 0.1) is 4.34 Å². The molecule has 2 rings (SSSR count). The lowest BCUT2D eigenvalue weighted by atomic mass is 9.92. The summed E-state index contributed by atoms with van der Waals surface area (Å²) in [6.45, 7) is 3.62. The van der Waals surface area contributed by atoms with Crippen molar-refractivity contribution in [2.24, 2.45) is 11.7 Å². The van der Waals surface area contributed by atoms with E-state index in [-0.39, 0.29) is 24.4 Å². The van der Waals surface area contributed by atoms with Crippen molar-refractivity contribution in [3.63, 3.8) is 0 Å². The van der Waals surface area contributed by atoms with Gasteiger partial charge in [-0.3, -0.25) is 4.79 Å². The zero-order valence-electron chi connectivity index (χ0n) is 11.4. The number of carbonyl (C=O) groups excluding carboxylic acids is 1. The van der Waals surface area contributed by atoms with Gasteiger partial charge >= 0.3 is 0 Å². The van der Waals surface area contributed by atoms with Gasteiger partial charge in [0.15, 0.2) is 0 Å². The van der Waals surface area contributed by atoms with Crippen molar-refractivity contribution in [2.75, 3.05) is 13.1 Å². The summed E-state index contributed by atoms with van der Waals surface area (Å²) < 4.78 is 0.738. The van der Waals surface area contributed by atoms with Crippen LogP contribution in [0.1, 0.15) is 24.6 Å². The maximum atomic E-state index is 12.1. The average molecular weight is 335 g/mol. The first-order valence-electron chi connectivity index (χ1n) is 6.54. The van der Waals surface area contributed by atoms with E-state index in [9.17, 15) is 4.79 Å². The summed E-state index contributed by atoms with van der Waals surface area (Å²) in [4.78, 5) is 15.0. The van der Waals surface area contributed by atoms with Crippen molar-refractivity contribution >= 4 is 47.3 Å². The highest BCUT2D eigenvalue weighted by Gasteiger charge is 2.24. The van der Waals surface area contributed by atoms with Gasteiger partial charge in [-0.15, -0.1) is 23.7 Å². The average Bonchev–Trinajstić information content (AvgIpc) is 2.82. The number of hydrogen-bond acceptors (Lipinski definition) is 3. The normalized spacial score (nSPS) is 20.8. The molecule has 0 saturated carbocycles. The van der Waals surface area contributed by atoms with Crippen molar-refractivity contribution in [1.82, 2.24) is 4.90 Å². The summed E-state index contributed by atoms with van der Waals surface area (Å²) in [6.07, 6.45) is 5.61. The van der Waals surface area contributed by atoms with E-state index in [0.717, 1.165) is 35.1 Å². The summed E-state index contributed by atoms with van der Waals surface area (Å²) in [5, 5.41) is 0. The van der Waals surface area contributed by atoms with Crippen molar-refractivity contribution < 1.29 is 4.79 Å². The lowest BCUT2D eigenvalue weighted by Crippen LogP contribution is -2.44. The molecular weight excluding hydrogens is 315 g/mol. The zero-order chi connectivity index (χ0) is 13.8. The Labute approximate surface area is 135 Å². The summed E-state index contributed by atoms with van der Waals surface area (Å²) in [5.41, 5.74) is 5.93. The Morgan fingerprint density at radius 2 is 2.35 bits per heavy atom. The molecule has 1 amide bonds.